The zero-order chi connectivity index (χ0) is 13.1. The summed E-state index contributed by atoms with van der Waals surface area (Å²) in [4.78, 5) is 0. The number of benzene rings is 1. The second-order valence-corrected chi connectivity index (χ2v) is 5.86. The van der Waals surface area contributed by atoms with E-state index in [4.69, 9.17) is 4.42 Å². The minimum absolute atomic E-state index is 0.762. The van der Waals surface area contributed by atoms with Gasteiger partial charge in [-0.05, 0) is 75.2 Å². The van der Waals surface area contributed by atoms with Crippen molar-refractivity contribution < 1.29 is 4.42 Å². The molecule has 0 saturated carbocycles. The molecule has 0 aliphatic carbocycles. The molecule has 0 fully saturated rings. The third kappa shape index (κ3) is 3.05. The van der Waals surface area contributed by atoms with E-state index in [1.165, 1.54) is 5.56 Å². The van der Waals surface area contributed by atoms with E-state index >= 15 is 0 Å². The summed E-state index contributed by atoms with van der Waals surface area (Å²) in [7, 11) is 0. The molecule has 0 radical (unpaired) electrons. The summed E-state index contributed by atoms with van der Waals surface area (Å²) in [5, 5.41) is 3.25. The van der Waals surface area contributed by atoms with Crippen molar-refractivity contribution in [3.8, 4) is 11.3 Å². The Balaban J connectivity index is 2.34. The van der Waals surface area contributed by atoms with Crippen LogP contribution < -0.4 is 5.32 Å². The van der Waals surface area contributed by atoms with E-state index in [9.17, 15) is 0 Å². The van der Waals surface area contributed by atoms with E-state index in [1.54, 1.807) is 0 Å². The summed E-state index contributed by atoms with van der Waals surface area (Å²) >= 11 is 7.18. The van der Waals surface area contributed by atoms with Gasteiger partial charge in [0.1, 0.15) is 11.5 Å². The minimum Gasteiger partial charge on any atom is -0.460 e. The highest BCUT2D eigenvalue weighted by atomic mass is 79.9. The Morgan fingerprint density at radius 3 is 2.44 bits per heavy atom. The average molecular weight is 373 g/mol. The van der Waals surface area contributed by atoms with Crippen LogP contribution in [0.5, 0.6) is 0 Å². The van der Waals surface area contributed by atoms with Gasteiger partial charge in [-0.2, -0.15) is 0 Å². The second kappa shape index (κ2) is 6.04. The van der Waals surface area contributed by atoms with E-state index in [0.29, 0.717) is 0 Å². The molecule has 0 aliphatic heterocycles. The summed E-state index contributed by atoms with van der Waals surface area (Å²) in [6.07, 6.45) is 0. The van der Waals surface area contributed by atoms with Crippen molar-refractivity contribution in [1.82, 2.24) is 5.32 Å². The molecule has 96 valence electrons. The summed E-state index contributed by atoms with van der Waals surface area (Å²) < 4.78 is 7.93. The standard InChI is InChI=1S/C14H15Br2NO/c1-3-17-8-10-4-5-13(18-10)14-11(15)6-9(2)7-12(14)16/h4-7,17H,3,8H2,1-2H3. The molecule has 0 atom stereocenters. The zero-order valence-electron chi connectivity index (χ0n) is 10.4. The molecular weight excluding hydrogens is 358 g/mol. The van der Waals surface area contributed by atoms with E-state index in [2.05, 4.69) is 63.2 Å². The van der Waals surface area contributed by atoms with Crippen LogP contribution in [0.1, 0.15) is 18.2 Å². The molecule has 0 spiro atoms. The number of aryl methyl sites for hydroxylation is 1. The Bertz CT molecular complexity index is 525. The summed E-state index contributed by atoms with van der Waals surface area (Å²) in [6.45, 7) is 5.85. The maximum atomic E-state index is 5.85. The van der Waals surface area contributed by atoms with Crippen LogP contribution in [-0.2, 0) is 6.54 Å². The Morgan fingerprint density at radius 2 is 1.83 bits per heavy atom. The fraction of sp³-hybridized carbons (Fsp3) is 0.286. The van der Waals surface area contributed by atoms with Crippen LogP contribution in [0.4, 0.5) is 0 Å². The Morgan fingerprint density at radius 1 is 1.17 bits per heavy atom. The zero-order valence-corrected chi connectivity index (χ0v) is 13.6. The van der Waals surface area contributed by atoms with Crippen molar-refractivity contribution in [3.05, 3.63) is 44.5 Å². The van der Waals surface area contributed by atoms with Gasteiger partial charge in [-0.25, -0.2) is 0 Å². The topological polar surface area (TPSA) is 25.2 Å². The monoisotopic (exact) mass is 371 g/mol. The molecule has 0 amide bonds. The SMILES string of the molecule is CCNCc1ccc(-c2c(Br)cc(C)cc2Br)o1. The predicted molar refractivity (Wildman–Crippen MR) is 81.7 cm³/mol. The molecule has 1 aromatic carbocycles. The molecule has 0 aliphatic rings. The minimum atomic E-state index is 0.762. The highest BCUT2D eigenvalue weighted by Gasteiger charge is 2.12. The van der Waals surface area contributed by atoms with Crippen LogP contribution in [-0.4, -0.2) is 6.54 Å². The van der Waals surface area contributed by atoms with Crippen LogP contribution in [0.25, 0.3) is 11.3 Å². The third-order valence-electron chi connectivity index (χ3n) is 2.64. The number of rotatable bonds is 4. The van der Waals surface area contributed by atoms with Gasteiger partial charge in [0.15, 0.2) is 0 Å². The molecule has 1 N–H and O–H groups in total. The molecule has 2 aromatic rings. The maximum Gasteiger partial charge on any atom is 0.136 e. The van der Waals surface area contributed by atoms with Crippen LogP contribution in [0.2, 0.25) is 0 Å². The number of halogens is 2. The molecule has 2 rings (SSSR count). The van der Waals surface area contributed by atoms with Gasteiger partial charge in [-0.3, -0.25) is 0 Å². The Kier molecular flexibility index (Phi) is 4.65. The van der Waals surface area contributed by atoms with Gasteiger partial charge in [0.2, 0.25) is 0 Å². The fourth-order valence-corrected chi connectivity index (χ4v) is 3.60. The normalized spacial score (nSPS) is 10.9. The number of nitrogens with one attached hydrogen (secondary N) is 1. The van der Waals surface area contributed by atoms with Gasteiger partial charge in [0.05, 0.1) is 6.54 Å². The first-order chi connectivity index (χ1) is 8.61. The van der Waals surface area contributed by atoms with Gasteiger partial charge in [-0.1, -0.05) is 6.92 Å². The van der Waals surface area contributed by atoms with Gasteiger partial charge in [0, 0.05) is 14.5 Å². The van der Waals surface area contributed by atoms with E-state index in [-0.39, 0.29) is 0 Å². The van der Waals surface area contributed by atoms with E-state index in [0.717, 1.165) is 39.1 Å². The summed E-state index contributed by atoms with van der Waals surface area (Å²) in [5.41, 5.74) is 2.26. The summed E-state index contributed by atoms with van der Waals surface area (Å²) in [5.74, 6) is 1.83. The van der Waals surface area contributed by atoms with Crippen molar-refractivity contribution in [3.63, 3.8) is 0 Å². The molecule has 18 heavy (non-hydrogen) atoms. The van der Waals surface area contributed by atoms with Crippen molar-refractivity contribution >= 4 is 31.9 Å². The molecule has 2 nitrogen and oxygen atoms in total. The Hall–Kier alpha value is -0.580. The lowest BCUT2D eigenvalue weighted by Crippen LogP contribution is -2.10. The van der Waals surface area contributed by atoms with Crippen molar-refractivity contribution in [2.45, 2.75) is 20.4 Å². The smallest absolute Gasteiger partial charge is 0.136 e. The van der Waals surface area contributed by atoms with Crippen LogP contribution >= 0.6 is 31.9 Å². The van der Waals surface area contributed by atoms with Gasteiger partial charge in [-0.15, -0.1) is 0 Å². The lowest BCUT2D eigenvalue weighted by molar-refractivity contribution is 0.498. The predicted octanol–water partition coefficient (Wildman–Crippen LogP) is 4.89. The Labute approximate surface area is 124 Å². The number of hydrogen-bond donors (Lipinski definition) is 1. The molecule has 4 heteroatoms. The fourth-order valence-electron chi connectivity index (χ4n) is 1.79. The number of furan rings is 1. The molecule has 0 bridgehead atoms. The highest BCUT2D eigenvalue weighted by Crippen LogP contribution is 2.37. The van der Waals surface area contributed by atoms with Gasteiger partial charge in [0.25, 0.3) is 0 Å². The molecule has 0 unspecified atom stereocenters. The maximum absolute atomic E-state index is 5.85. The van der Waals surface area contributed by atoms with Crippen molar-refractivity contribution in [1.29, 1.82) is 0 Å². The van der Waals surface area contributed by atoms with E-state index in [1.807, 2.05) is 12.1 Å². The van der Waals surface area contributed by atoms with Crippen molar-refractivity contribution in [2.24, 2.45) is 0 Å². The second-order valence-electron chi connectivity index (χ2n) is 4.15. The molecule has 1 aromatic heterocycles. The van der Waals surface area contributed by atoms with Crippen molar-refractivity contribution in [2.75, 3.05) is 6.54 Å². The molecule has 1 heterocycles. The first-order valence-corrected chi connectivity index (χ1v) is 7.46. The van der Waals surface area contributed by atoms with Gasteiger partial charge >= 0.3 is 0 Å². The quantitative estimate of drug-likeness (QED) is 0.826. The lowest BCUT2D eigenvalue weighted by Gasteiger charge is -2.06. The molecular formula is C14H15Br2NO. The van der Waals surface area contributed by atoms with Gasteiger partial charge < -0.3 is 9.73 Å². The van der Waals surface area contributed by atoms with Crippen LogP contribution in [0.3, 0.4) is 0 Å². The first kappa shape index (κ1) is 13.8. The first-order valence-electron chi connectivity index (χ1n) is 5.87. The molecule has 0 saturated heterocycles. The van der Waals surface area contributed by atoms with Crippen LogP contribution in [0, 0.1) is 6.92 Å². The number of hydrogen-bond acceptors (Lipinski definition) is 2. The lowest BCUT2D eigenvalue weighted by atomic mass is 10.1. The highest BCUT2D eigenvalue weighted by molar-refractivity contribution is 9.11. The average Bonchev–Trinajstić information content (AvgIpc) is 2.73. The largest absolute Gasteiger partial charge is 0.460 e. The summed E-state index contributed by atoms with van der Waals surface area (Å²) in [6, 6.07) is 8.20. The third-order valence-corrected chi connectivity index (χ3v) is 3.89. The van der Waals surface area contributed by atoms with Crippen LogP contribution in [0.15, 0.2) is 37.6 Å². The van der Waals surface area contributed by atoms with E-state index < -0.39 is 0 Å².